The van der Waals surface area contributed by atoms with Gasteiger partial charge in [0.05, 0.1) is 15.2 Å². The van der Waals surface area contributed by atoms with E-state index in [1.165, 1.54) is 6.07 Å². The van der Waals surface area contributed by atoms with Gasteiger partial charge in [0.25, 0.3) is 0 Å². The molecule has 98 valence electrons. The van der Waals surface area contributed by atoms with Gasteiger partial charge in [-0.2, -0.15) is 0 Å². The van der Waals surface area contributed by atoms with Crippen LogP contribution in [0.3, 0.4) is 0 Å². The van der Waals surface area contributed by atoms with Crippen molar-refractivity contribution >= 4 is 33.0 Å². The van der Waals surface area contributed by atoms with Gasteiger partial charge in [0, 0.05) is 5.02 Å². The Morgan fingerprint density at radius 1 is 1.05 bits per heavy atom. The van der Waals surface area contributed by atoms with E-state index in [9.17, 15) is 8.42 Å². The van der Waals surface area contributed by atoms with Crippen molar-refractivity contribution in [1.29, 1.82) is 0 Å². The molecule has 1 unspecified atom stereocenters. The predicted octanol–water partition coefficient (Wildman–Crippen LogP) is 4.01. The first-order valence-electron chi connectivity index (χ1n) is 5.76. The molecule has 2 nitrogen and oxygen atoms in total. The van der Waals surface area contributed by atoms with Crippen LogP contribution in [0.25, 0.3) is 0 Å². The molecule has 0 amide bonds. The van der Waals surface area contributed by atoms with E-state index in [0.29, 0.717) is 21.9 Å². The van der Waals surface area contributed by atoms with Crippen molar-refractivity contribution in [3.8, 4) is 0 Å². The summed E-state index contributed by atoms with van der Waals surface area (Å²) in [5.74, 6) is 0. The summed E-state index contributed by atoms with van der Waals surface area (Å²) in [6.07, 6.45) is 0.476. The molecule has 3 rings (SSSR count). The van der Waals surface area contributed by atoms with Crippen LogP contribution in [0.4, 0.5) is 0 Å². The lowest BCUT2D eigenvalue weighted by Crippen LogP contribution is -2.04. The second-order valence-corrected chi connectivity index (χ2v) is 7.31. The topological polar surface area (TPSA) is 34.1 Å². The molecule has 1 aliphatic heterocycles. The molecule has 2 aromatic carbocycles. The molecule has 0 saturated heterocycles. The Morgan fingerprint density at radius 3 is 2.58 bits per heavy atom. The maximum Gasteiger partial charge on any atom is 0.207 e. The lowest BCUT2D eigenvalue weighted by Gasteiger charge is -2.10. The standard InChI is InChI=1S/C14H10Cl2O2S/c15-10-5-6-14-11(8-10)12(16)7-9-3-1-2-4-13(9)19(14,17)18/h1-6,8,12H,7H2. The van der Waals surface area contributed by atoms with Crippen molar-refractivity contribution in [2.75, 3.05) is 0 Å². The minimum atomic E-state index is -3.53. The Bertz CT molecular complexity index is 754. The molecule has 2 aromatic rings. The van der Waals surface area contributed by atoms with Gasteiger partial charge in [-0.3, -0.25) is 0 Å². The zero-order valence-corrected chi connectivity index (χ0v) is 12.1. The lowest BCUT2D eigenvalue weighted by atomic mass is 10.0. The van der Waals surface area contributed by atoms with Gasteiger partial charge in [-0.25, -0.2) is 8.42 Å². The van der Waals surface area contributed by atoms with Crippen LogP contribution in [0.15, 0.2) is 52.3 Å². The Morgan fingerprint density at radius 2 is 1.79 bits per heavy atom. The van der Waals surface area contributed by atoms with Gasteiger partial charge >= 0.3 is 0 Å². The van der Waals surface area contributed by atoms with Crippen LogP contribution in [0, 0.1) is 0 Å². The molecule has 0 bridgehead atoms. The third-order valence-corrected chi connectivity index (χ3v) is 5.81. The van der Waals surface area contributed by atoms with Gasteiger partial charge in [0.1, 0.15) is 0 Å². The summed E-state index contributed by atoms with van der Waals surface area (Å²) in [6.45, 7) is 0. The van der Waals surface area contributed by atoms with E-state index in [2.05, 4.69) is 0 Å². The van der Waals surface area contributed by atoms with Crippen molar-refractivity contribution in [3.63, 3.8) is 0 Å². The van der Waals surface area contributed by atoms with Crippen LogP contribution in [0.2, 0.25) is 5.02 Å². The summed E-state index contributed by atoms with van der Waals surface area (Å²) in [6, 6.07) is 11.7. The molecule has 0 fully saturated rings. The van der Waals surface area contributed by atoms with Crippen LogP contribution in [0.1, 0.15) is 16.5 Å². The molecule has 0 N–H and O–H groups in total. The lowest BCUT2D eigenvalue weighted by molar-refractivity contribution is 0.595. The highest BCUT2D eigenvalue weighted by molar-refractivity contribution is 7.91. The second-order valence-electron chi connectivity index (χ2n) is 4.46. The van der Waals surface area contributed by atoms with E-state index in [1.807, 2.05) is 6.07 Å². The molecular formula is C14H10Cl2O2S. The Kier molecular flexibility index (Phi) is 3.08. The van der Waals surface area contributed by atoms with E-state index in [-0.39, 0.29) is 4.90 Å². The van der Waals surface area contributed by atoms with E-state index in [0.717, 1.165) is 5.56 Å². The number of alkyl halides is 1. The van der Waals surface area contributed by atoms with Gasteiger partial charge < -0.3 is 0 Å². The van der Waals surface area contributed by atoms with Crippen LogP contribution in [-0.4, -0.2) is 8.42 Å². The van der Waals surface area contributed by atoms with E-state index >= 15 is 0 Å². The summed E-state index contributed by atoms with van der Waals surface area (Å²) < 4.78 is 25.3. The highest BCUT2D eigenvalue weighted by Gasteiger charge is 2.31. The van der Waals surface area contributed by atoms with E-state index in [4.69, 9.17) is 23.2 Å². The van der Waals surface area contributed by atoms with Crippen molar-refractivity contribution in [3.05, 3.63) is 58.6 Å². The molecule has 0 aliphatic carbocycles. The molecule has 5 heteroatoms. The molecule has 19 heavy (non-hydrogen) atoms. The fourth-order valence-corrected chi connectivity index (χ4v) is 4.71. The molecule has 1 aliphatic rings. The average Bonchev–Trinajstić information content (AvgIpc) is 2.45. The van der Waals surface area contributed by atoms with Gasteiger partial charge in [0.2, 0.25) is 9.84 Å². The average molecular weight is 313 g/mol. The molecule has 1 atom stereocenters. The maximum absolute atomic E-state index is 12.7. The summed E-state index contributed by atoms with van der Waals surface area (Å²) in [5.41, 5.74) is 1.32. The summed E-state index contributed by atoms with van der Waals surface area (Å²) in [7, 11) is -3.53. The monoisotopic (exact) mass is 312 g/mol. The molecule has 0 saturated carbocycles. The highest BCUT2D eigenvalue weighted by atomic mass is 35.5. The number of halogens is 2. The maximum atomic E-state index is 12.7. The fraction of sp³-hybridized carbons (Fsp3) is 0.143. The van der Waals surface area contributed by atoms with E-state index < -0.39 is 15.2 Å². The van der Waals surface area contributed by atoms with Gasteiger partial charge in [0.15, 0.2) is 0 Å². The number of fused-ring (bicyclic) bond motifs is 2. The van der Waals surface area contributed by atoms with Crippen molar-refractivity contribution in [2.24, 2.45) is 0 Å². The number of hydrogen-bond donors (Lipinski definition) is 0. The molecule has 0 spiro atoms. The normalized spacial score (nSPS) is 20.2. The van der Waals surface area contributed by atoms with Crippen molar-refractivity contribution in [1.82, 2.24) is 0 Å². The zero-order valence-electron chi connectivity index (χ0n) is 9.81. The van der Waals surface area contributed by atoms with E-state index in [1.54, 1.807) is 30.3 Å². The number of benzene rings is 2. The number of hydrogen-bond acceptors (Lipinski definition) is 2. The quantitative estimate of drug-likeness (QED) is 0.689. The van der Waals surface area contributed by atoms with Crippen LogP contribution >= 0.6 is 23.2 Å². The third-order valence-electron chi connectivity index (χ3n) is 3.26. The first-order valence-corrected chi connectivity index (χ1v) is 8.06. The Balaban J connectivity index is 2.37. The first-order chi connectivity index (χ1) is 9.00. The van der Waals surface area contributed by atoms with Crippen LogP contribution in [-0.2, 0) is 16.3 Å². The smallest absolute Gasteiger partial charge is 0.207 e. The van der Waals surface area contributed by atoms with Crippen molar-refractivity contribution in [2.45, 2.75) is 21.6 Å². The number of sulfone groups is 1. The first kappa shape index (κ1) is 13.0. The minimum absolute atomic E-state index is 0.252. The van der Waals surface area contributed by atoms with Gasteiger partial charge in [-0.1, -0.05) is 29.8 Å². The summed E-state index contributed by atoms with van der Waals surface area (Å²) in [4.78, 5) is 0.587. The second kappa shape index (κ2) is 4.51. The van der Waals surface area contributed by atoms with Crippen LogP contribution < -0.4 is 0 Å². The largest absolute Gasteiger partial charge is 0.218 e. The zero-order chi connectivity index (χ0) is 13.6. The fourth-order valence-electron chi connectivity index (χ4n) is 2.36. The molecular weight excluding hydrogens is 303 g/mol. The number of rotatable bonds is 0. The molecule has 0 radical (unpaired) electrons. The summed E-state index contributed by atoms with van der Waals surface area (Å²) in [5, 5.41) is 0.0951. The molecule has 0 aromatic heterocycles. The van der Waals surface area contributed by atoms with Gasteiger partial charge in [-0.05, 0) is 41.8 Å². The Labute approximate surface area is 121 Å². The third kappa shape index (κ3) is 2.06. The Hall–Kier alpha value is -1.03. The predicted molar refractivity (Wildman–Crippen MR) is 75.6 cm³/mol. The minimum Gasteiger partial charge on any atom is -0.218 e. The van der Waals surface area contributed by atoms with Crippen molar-refractivity contribution < 1.29 is 8.42 Å². The highest BCUT2D eigenvalue weighted by Crippen LogP contribution is 2.40. The molecule has 1 heterocycles. The SMILES string of the molecule is O=S1(=O)c2ccccc2CC(Cl)c2cc(Cl)ccc21. The van der Waals surface area contributed by atoms with Gasteiger partial charge in [-0.15, -0.1) is 11.6 Å². The van der Waals surface area contributed by atoms with Crippen LogP contribution in [0.5, 0.6) is 0 Å². The summed E-state index contributed by atoms with van der Waals surface area (Å²) >= 11 is 12.3.